The van der Waals surface area contributed by atoms with Crippen molar-refractivity contribution in [2.45, 2.75) is 25.8 Å². The molecule has 1 atom stereocenters. The lowest BCUT2D eigenvalue weighted by atomic mass is 10.3. The van der Waals surface area contributed by atoms with Gasteiger partial charge in [-0.25, -0.2) is 0 Å². The van der Waals surface area contributed by atoms with Crippen LogP contribution in [0.3, 0.4) is 0 Å². The first-order valence-corrected chi connectivity index (χ1v) is 5.59. The highest BCUT2D eigenvalue weighted by Crippen LogP contribution is 2.09. The molecule has 0 spiro atoms. The van der Waals surface area contributed by atoms with Crippen LogP contribution in [-0.4, -0.2) is 47.3 Å². The summed E-state index contributed by atoms with van der Waals surface area (Å²) in [4.78, 5) is 6.45. The van der Waals surface area contributed by atoms with Gasteiger partial charge in [0.2, 0.25) is 5.89 Å². The van der Waals surface area contributed by atoms with Gasteiger partial charge < -0.3 is 14.7 Å². The van der Waals surface area contributed by atoms with Crippen molar-refractivity contribution in [3.63, 3.8) is 0 Å². The van der Waals surface area contributed by atoms with Crippen molar-refractivity contribution in [1.29, 1.82) is 0 Å². The molecule has 1 fully saturated rings. The van der Waals surface area contributed by atoms with E-state index in [1.54, 1.807) is 0 Å². The van der Waals surface area contributed by atoms with E-state index in [1.807, 2.05) is 0 Å². The first-order valence-electron chi connectivity index (χ1n) is 5.59. The zero-order valence-corrected chi connectivity index (χ0v) is 9.15. The number of nitrogens with zero attached hydrogens (tertiary/aromatic N) is 3. The molecule has 0 aliphatic carbocycles. The standard InChI is InChI=1S/C10H18N4O/c1-2-11-9-3-5-14(7-9)6-4-10-12-8-13-15-10/h8-9,11H,2-7H2,1H3. The molecule has 2 heterocycles. The van der Waals surface area contributed by atoms with Crippen LogP contribution in [0.2, 0.25) is 0 Å². The first-order chi connectivity index (χ1) is 7.38. The van der Waals surface area contributed by atoms with Gasteiger partial charge in [-0.1, -0.05) is 12.1 Å². The Morgan fingerprint density at radius 3 is 3.33 bits per heavy atom. The van der Waals surface area contributed by atoms with Crippen LogP contribution in [0.5, 0.6) is 0 Å². The van der Waals surface area contributed by atoms with E-state index in [0.29, 0.717) is 6.04 Å². The molecule has 1 aromatic rings. The summed E-state index contributed by atoms with van der Waals surface area (Å²) in [5.74, 6) is 0.738. The van der Waals surface area contributed by atoms with E-state index in [2.05, 4.69) is 27.3 Å². The van der Waals surface area contributed by atoms with Gasteiger partial charge in [0, 0.05) is 25.6 Å². The SMILES string of the molecule is CCNC1CCN(CCc2ncno2)C1. The quantitative estimate of drug-likeness (QED) is 0.757. The molecule has 0 radical (unpaired) electrons. The second-order valence-corrected chi connectivity index (χ2v) is 3.93. The minimum absolute atomic E-state index is 0.665. The fourth-order valence-electron chi connectivity index (χ4n) is 2.05. The summed E-state index contributed by atoms with van der Waals surface area (Å²) >= 11 is 0. The van der Waals surface area contributed by atoms with Gasteiger partial charge in [-0.3, -0.25) is 0 Å². The third-order valence-electron chi connectivity index (χ3n) is 2.81. The van der Waals surface area contributed by atoms with Crippen molar-refractivity contribution in [3.05, 3.63) is 12.2 Å². The zero-order chi connectivity index (χ0) is 10.5. The highest BCUT2D eigenvalue weighted by atomic mass is 16.5. The van der Waals surface area contributed by atoms with Crippen LogP contribution in [0.25, 0.3) is 0 Å². The molecule has 5 heteroatoms. The predicted octanol–water partition coefficient (Wildman–Crippen LogP) is 0.296. The number of likely N-dealkylation sites (tertiary alicyclic amines) is 1. The molecule has 2 rings (SSSR count). The number of hydrogen-bond acceptors (Lipinski definition) is 5. The van der Waals surface area contributed by atoms with Gasteiger partial charge in [-0.15, -0.1) is 0 Å². The molecule has 15 heavy (non-hydrogen) atoms. The third-order valence-corrected chi connectivity index (χ3v) is 2.81. The van der Waals surface area contributed by atoms with Crippen LogP contribution in [-0.2, 0) is 6.42 Å². The van der Waals surface area contributed by atoms with E-state index in [0.717, 1.165) is 31.9 Å². The van der Waals surface area contributed by atoms with Crippen molar-refractivity contribution in [2.24, 2.45) is 0 Å². The Morgan fingerprint density at radius 1 is 1.67 bits per heavy atom. The summed E-state index contributed by atoms with van der Waals surface area (Å²) in [5, 5.41) is 7.07. The van der Waals surface area contributed by atoms with Crippen molar-refractivity contribution in [2.75, 3.05) is 26.2 Å². The van der Waals surface area contributed by atoms with Gasteiger partial charge in [-0.05, 0) is 19.5 Å². The van der Waals surface area contributed by atoms with E-state index in [4.69, 9.17) is 4.52 Å². The molecule has 0 saturated carbocycles. The van der Waals surface area contributed by atoms with Crippen LogP contribution < -0.4 is 5.32 Å². The fraction of sp³-hybridized carbons (Fsp3) is 0.800. The van der Waals surface area contributed by atoms with E-state index in [1.165, 1.54) is 19.3 Å². The molecule has 5 nitrogen and oxygen atoms in total. The van der Waals surface area contributed by atoms with Gasteiger partial charge >= 0.3 is 0 Å². The van der Waals surface area contributed by atoms with E-state index < -0.39 is 0 Å². The predicted molar refractivity (Wildman–Crippen MR) is 56.5 cm³/mol. The van der Waals surface area contributed by atoms with E-state index in [9.17, 15) is 0 Å². The van der Waals surface area contributed by atoms with Crippen molar-refractivity contribution < 1.29 is 4.52 Å². The summed E-state index contributed by atoms with van der Waals surface area (Å²) in [5.41, 5.74) is 0. The van der Waals surface area contributed by atoms with Crippen molar-refractivity contribution in [3.8, 4) is 0 Å². The van der Waals surface area contributed by atoms with Crippen LogP contribution >= 0.6 is 0 Å². The van der Waals surface area contributed by atoms with Crippen LogP contribution in [0.1, 0.15) is 19.2 Å². The first kappa shape index (κ1) is 10.6. The molecule has 1 unspecified atom stereocenters. The number of aromatic nitrogens is 2. The second kappa shape index (κ2) is 5.23. The summed E-state index contributed by atoms with van der Waals surface area (Å²) in [6, 6.07) is 0.665. The largest absolute Gasteiger partial charge is 0.340 e. The van der Waals surface area contributed by atoms with Gasteiger partial charge in [-0.2, -0.15) is 4.98 Å². The van der Waals surface area contributed by atoms with Crippen molar-refractivity contribution >= 4 is 0 Å². The summed E-state index contributed by atoms with van der Waals surface area (Å²) < 4.78 is 4.96. The maximum absolute atomic E-state index is 4.96. The molecular formula is C10H18N4O. The molecular weight excluding hydrogens is 192 g/mol. The smallest absolute Gasteiger partial charge is 0.227 e. The van der Waals surface area contributed by atoms with Gasteiger partial charge in [0.05, 0.1) is 0 Å². The summed E-state index contributed by atoms with van der Waals surface area (Å²) in [6.45, 7) is 6.54. The zero-order valence-electron chi connectivity index (χ0n) is 9.15. The summed E-state index contributed by atoms with van der Waals surface area (Å²) in [7, 11) is 0. The molecule has 1 aliphatic rings. The molecule has 1 aromatic heterocycles. The minimum atomic E-state index is 0.665. The van der Waals surface area contributed by atoms with E-state index >= 15 is 0 Å². The lowest BCUT2D eigenvalue weighted by molar-refractivity contribution is 0.305. The lowest BCUT2D eigenvalue weighted by Crippen LogP contribution is -2.32. The lowest BCUT2D eigenvalue weighted by Gasteiger charge is -2.14. The molecule has 0 amide bonds. The molecule has 0 aromatic carbocycles. The third kappa shape index (κ3) is 3.00. The Labute approximate surface area is 89.8 Å². The second-order valence-electron chi connectivity index (χ2n) is 3.93. The fourth-order valence-corrected chi connectivity index (χ4v) is 2.05. The highest BCUT2D eigenvalue weighted by Gasteiger charge is 2.21. The molecule has 1 aliphatic heterocycles. The average Bonchev–Trinajstić information content (AvgIpc) is 2.85. The number of hydrogen-bond donors (Lipinski definition) is 1. The van der Waals surface area contributed by atoms with E-state index in [-0.39, 0.29) is 0 Å². The van der Waals surface area contributed by atoms with Gasteiger partial charge in [0.1, 0.15) is 0 Å². The molecule has 84 valence electrons. The monoisotopic (exact) mass is 210 g/mol. The Morgan fingerprint density at radius 2 is 2.60 bits per heavy atom. The molecule has 1 N–H and O–H groups in total. The van der Waals surface area contributed by atoms with Crippen molar-refractivity contribution in [1.82, 2.24) is 20.4 Å². The Balaban J connectivity index is 1.69. The van der Waals surface area contributed by atoms with Crippen LogP contribution in [0.4, 0.5) is 0 Å². The number of likely N-dealkylation sites (N-methyl/N-ethyl adjacent to an activating group) is 1. The molecule has 0 bridgehead atoms. The highest BCUT2D eigenvalue weighted by molar-refractivity contribution is 4.83. The molecule has 1 saturated heterocycles. The Hall–Kier alpha value is -0.940. The van der Waals surface area contributed by atoms with Crippen LogP contribution in [0, 0.1) is 0 Å². The van der Waals surface area contributed by atoms with Gasteiger partial charge in [0.25, 0.3) is 0 Å². The number of rotatable bonds is 5. The van der Waals surface area contributed by atoms with Crippen LogP contribution in [0.15, 0.2) is 10.9 Å². The Bertz CT molecular complexity index is 275. The minimum Gasteiger partial charge on any atom is -0.340 e. The maximum Gasteiger partial charge on any atom is 0.227 e. The maximum atomic E-state index is 4.96. The normalized spacial score (nSPS) is 22.3. The van der Waals surface area contributed by atoms with Gasteiger partial charge in [0.15, 0.2) is 6.33 Å². The summed E-state index contributed by atoms with van der Waals surface area (Å²) in [6.07, 6.45) is 3.57. The Kier molecular flexibility index (Phi) is 3.69. The average molecular weight is 210 g/mol. The topological polar surface area (TPSA) is 54.2 Å². The number of nitrogens with one attached hydrogen (secondary N) is 1.